The van der Waals surface area contributed by atoms with Gasteiger partial charge < -0.3 is 14.7 Å². The lowest BCUT2D eigenvalue weighted by molar-refractivity contribution is -0.144. The van der Waals surface area contributed by atoms with E-state index in [1.54, 1.807) is 18.4 Å². The zero-order valence-electron chi connectivity index (χ0n) is 10.0. The Morgan fingerprint density at radius 1 is 1.56 bits per heavy atom. The molecule has 0 aromatic carbocycles. The first-order valence-electron chi connectivity index (χ1n) is 5.67. The zero-order chi connectivity index (χ0) is 13.1. The van der Waals surface area contributed by atoms with Crippen molar-refractivity contribution in [2.45, 2.75) is 12.5 Å². The van der Waals surface area contributed by atoms with Crippen molar-refractivity contribution in [1.29, 1.82) is 0 Å². The molecule has 0 saturated carbocycles. The number of carboxylic acids is 1. The Kier molecular flexibility index (Phi) is 3.98. The van der Waals surface area contributed by atoms with Crippen LogP contribution in [0.5, 0.6) is 0 Å². The third kappa shape index (κ3) is 2.70. The molecule has 6 heteroatoms. The molecule has 98 valence electrons. The summed E-state index contributed by atoms with van der Waals surface area (Å²) in [4.78, 5) is 24.6. The van der Waals surface area contributed by atoms with Crippen LogP contribution in [0.1, 0.15) is 5.56 Å². The first kappa shape index (κ1) is 13.0. The maximum atomic E-state index is 12.0. The second-order valence-corrected chi connectivity index (χ2v) is 5.14. The molecule has 1 fully saturated rings. The molecule has 1 aliphatic heterocycles. The Labute approximate surface area is 109 Å². The lowest BCUT2D eigenvalue weighted by atomic mass is 10.0. The molecule has 0 spiro atoms. The van der Waals surface area contributed by atoms with Crippen molar-refractivity contribution in [3.8, 4) is 0 Å². The maximum Gasteiger partial charge on any atom is 0.311 e. The highest BCUT2D eigenvalue weighted by atomic mass is 32.1. The second kappa shape index (κ2) is 5.49. The van der Waals surface area contributed by atoms with Crippen molar-refractivity contribution < 1.29 is 19.4 Å². The molecule has 2 heterocycles. The molecule has 0 aliphatic carbocycles. The van der Waals surface area contributed by atoms with Gasteiger partial charge in [0.15, 0.2) is 0 Å². The molecule has 0 bridgehead atoms. The summed E-state index contributed by atoms with van der Waals surface area (Å²) in [5.74, 6) is -1.61. The summed E-state index contributed by atoms with van der Waals surface area (Å²) in [6.45, 7) is 0.471. The molecular weight excluding hydrogens is 254 g/mol. The smallest absolute Gasteiger partial charge is 0.311 e. The van der Waals surface area contributed by atoms with E-state index in [0.29, 0.717) is 13.0 Å². The van der Waals surface area contributed by atoms with Crippen LogP contribution >= 0.6 is 11.3 Å². The highest BCUT2D eigenvalue weighted by molar-refractivity contribution is 7.07. The normalized spacial score (nSPS) is 22.9. The maximum absolute atomic E-state index is 12.0. The Hall–Kier alpha value is -1.40. The summed E-state index contributed by atoms with van der Waals surface area (Å²) in [5.41, 5.74) is 0.961. The number of thiophene rings is 1. The monoisotopic (exact) mass is 269 g/mol. The first-order valence-corrected chi connectivity index (χ1v) is 6.61. The fraction of sp³-hybridized carbons (Fsp3) is 0.500. The van der Waals surface area contributed by atoms with E-state index in [9.17, 15) is 9.59 Å². The molecule has 2 rings (SSSR count). The van der Waals surface area contributed by atoms with Crippen LogP contribution in [0, 0.1) is 5.92 Å². The third-order valence-electron chi connectivity index (χ3n) is 3.19. The summed E-state index contributed by atoms with van der Waals surface area (Å²) < 4.78 is 5.16. The lowest BCUT2D eigenvalue weighted by Crippen LogP contribution is -2.44. The van der Waals surface area contributed by atoms with Gasteiger partial charge in [-0.15, -0.1) is 0 Å². The van der Waals surface area contributed by atoms with E-state index in [-0.39, 0.29) is 18.6 Å². The minimum absolute atomic E-state index is 0.0739. The Morgan fingerprint density at radius 2 is 2.33 bits per heavy atom. The van der Waals surface area contributed by atoms with E-state index < -0.39 is 11.9 Å². The standard InChI is InChI=1S/C12H15NO4S/c1-13(10-6-17-5-9(10)12(15)16)11(14)4-8-2-3-18-7-8/h2-3,7,9-10H,4-6H2,1H3,(H,15,16). The first-order chi connectivity index (χ1) is 8.59. The van der Waals surface area contributed by atoms with Gasteiger partial charge in [0.05, 0.1) is 25.7 Å². The third-order valence-corrected chi connectivity index (χ3v) is 3.93. The van der Waals surface area contributed by atoms with E-state index in [0.717, 1.165) is 5.56 Å². The van der Waals surface area contributed by atoms with Crippen LogP contribution in [0.3, 0.4) is 0 Å². The molecule has 18 heavy (non-hydrogen) atoms. The summed E-state index contributed by atoms with van der Waals surface area (Å²) in [7, 11) is 1.64. The minimum atomic E-state index is -0.910. The van der Waals surface area contributed by atoms with Gasteiger partial charge in [-0.3, -0.25) is 9.59 Å². The van der Waals surface area contributed by atoms with Gasteiger partial charge in [-0.25, -0.2) is 0 Å². The predicted octanol–water partition coefficient (Wildman–Crippen LogP) is 0.849. The molecular formula is C12H15NO4S. The van der Waals surface area contributed by atoms with Crippen LogP contribution in [0.25, 0.3) is 0 Å². The highest BCUT2D eigenvalue weighted by Crippen LogP contribution is 2.20. The number of amides is 1. The molecule has 1 aromatic heterocycles. The Morgan fingerprint density at radius 3 is 2.94 bits per heavy atom. The van der Waals surface area contributed by atoms with E-state index >= 15 is 0 Å². The molecule has 0 radical (unpaired) electrons. The van der Waals surface area contributed by atoms with Gasteiger partial charge in [0.1, 0.15) is 5.92 Å². The van der Waals surface area contributed by atoms with Crippen molar-refractivity contribution in [3.63, 3.8) is 0 Å². The average molecular weight is 269 g/mol. The number of rotatable bonds is 4. The zero-order valence-corrected chi connectivity index (χ0v) is 10.9. The van der Waals surface area contributed by atoms with Gasteiger partial charge in [0.25, 0.3) is 0 Å². The van der Waals surface area contributed by atoms with Gasteiger partial charge in [-0.1, -0.05) is 0 Å². The average Bonchev–Trinajstić information content (AvgIpc) is 2.97. The Balaban J connectivity index is 1.99. The molecule has 1 aromatic rings. The number of hydrogen-bond acceptors (Lipinski definition) is 4. The quantitative estimate of drug-likeness (QED) is 0.880. The van der Waals surface area contributed by atoms with Gasteiger partial charge in [-0.05, 0) is 22.4 Å². The highest BCUT2D eigenvalue weighted by Gasteiger charge is 2.38. The number of carbonyl (C=O) groups excluding carboxylic acids is 1. The van der Waals surface area contributed by atoms with Crippen LogP contribution < -0.4 is 0 Å². The van der Waals surface area contributed by atoms with Crippen molar-refractivity contribution in [1.82, 2.24) is 4.90 Å². The number of carbonyl (C=O) groups is 2. The minimum Gasteiger partial charge on any atom is -0.481 e. The van der Waals surface area contributed by atoms with Crippen LogP contribution in [0.15, 0.2) is 16.8 Å². The summed E-state index contributed by atoms with van der Waals surface area (Å²) in [5, 5.41) is 12.9. The van der Waals surface area contributed by atoms with Crippen LogP contribution in [-0.2, 0) is 20.7 Å². The molecule has 2 unspecified atom stereocenters. The van der Waals surface area contributed by atoms with Crippen molar-refractivity contribution in [2.24, 2.45) is 5.92 Å². The second-order valence-electron chi connectivity index (χ2n) is 4.36. The number of ether oxygens (including phenoxy) is 1. The van der Waals surface area contributed by atoms with Gasteiger partial charge in [0.2, 0.25) is 5.91 Å². The molecule has 1 N–H and O–H groups in total. The molecule has 5 nitrogen and oxygen atoms in total. The molecule has 1 saturated heterocycles. The number of nitrogens with zero attached hydrogens (tertiary/aromatic N) is 1. The van der Waals surface area contributed by atoms with E-state index in [1.165, 1.54) is 4.90 Å². The predicted molar refractivity (Wildman–Crippen MR) is 66.5 cm³/mol. The van der Waals surface area contributed by atoms with Gasteiger partial charge in [0, 0.05) is 7.05 Å². The number of aliphatic carboxylic acids is 1. The lowest BCUT2D eigenvalue weighted by Gasteiger charge is -2.26. The van der Waals surface area contributed by atoms with E-state index in [1.807, 2.05) is 16.8 Å². The van der Waals surface area contributed by atoms with Crippen LogP contribution in [0.4, 0.5) is 0 Å². The number of carboxylic acid groups (broad SMARTS) is 1. The van der Waals surface area contributed by atoms with Crippen LogP contribution in [0.2, 0.25) is 0 Å². The van der Waals surface area contributed by atoms with Crippen molar-refractivity contribution >= 4 is 23.2 Å². The Bertz CT molecular complexity index is 431. The number of hydrogen-bond donors (Lipinski definition) is 1. The van der Waals surface area contributed by atoms with E-state index in [2.05, 4.69) is 0 Å². The summed E-state index contributed by atoms with van der Waals surface area (Å²) >= 11 is 1.54. The largest absolute Gasteiger partial charge is 0.481 e. The molecule has 1 amide bonds. The molecule has 1 aliphatic rings. The van der Waals surface area contributed by atoms with Crippen molar-refractivity contribution in [3.05, 3.63) is 22.4 Å². The molecule has 2 atom stereocenters. The van der Waals surface area contributed by atoms with Gasteiger partial charge in [-0.2, -0.15) is 11.3 Å². The van der Waals surface area contributed by atoms with Crippen molar-refractivity contribution in [2.75, 3.05) is 20.3 Å². The topological polar surface area (TPSA) is 66.8 Å². The SMILES string of the molecule is CN(C(=O)Cc1ccsc1)C1COCC1C(=O)O. The number of likely N-dealkylation sites (N-methyl/N-ethyl adjacent to an activating group) is 1. The fourth-order valence-corrected chi connectivity index (χ4v) is 2.71. The van der Waals surface area contributed by atoms with E-state index in [4.69, 9.17) is 9.84 Å². The fourth-order valence-electron chi connectivity index (χ4n) is 2.04. The van der Waals surface area contributed by atoms with Gasteiger partial charge >= 0.3 is 5.97 Å². The summed E-state index contributed by atoms with van der Waals surface area (Å²) in [6, 6.07) is 1.53. The summed E-state index contributed by atoms with van der Waals surface area (Å²) in [6.07, 6.45) is 0.308. The van der Waals surface area contributed by atoms with Crippen LogP contribution in [-0.4, -0.2) is 48.2 Å².